The molecule has 0 bridgehead atoms. The first kappa shape index (κ1) is 20.2. The summed E-state index contributed by atoms with van der Waals surface area (Å²) >= 11 is 7.67. The standard InChI is InChI=1S/C16H21ClN4S.HI/c1-12-20-15(11-22-12)10-21(3)16(18-2)19-8-7-13-5-4-6-14(17)9-13;/h4-6,9,11H,7-8,10H2,1-3H3,(H,18,19);1H. The highest BCUT2D eigenvalue weighted by atomic mass is 127. The van der Waals surface area contributed by atoms with Gasteiger partial charge in [-0.1, -0.05) is 23.7 Å². The van der Waals surface area contributed by atoms with Crippen molar-refractivity contribution < 1.29 is 0 Å². The van der Waals surface area contributed by atoms with Crippen LogP contribution in [0.1, 0.15) is 16.3 Å². The van der Waals surface area contributed by atoms with E-state index >= 15 is 0 Å². The Balaban J connectivity index is 0.00000264. The van der Waals surface area contributed by atoms with Crippen LogP contribution in [0.5, 0.6) is 0 Å². The lowest BCUT2D eigenvalue weighted by Gasteiger charge is -2.21. The molecule has 0 radical (unpaired) electrons. The Kier molecular flexibility index (Phi) is 8.86. The minimum atomic E-state index is 0. The summed E-state index contributed by atoms with van der Waals surface area (Å²) in [5, 5.41) is 7.33. The molecule has 1 aromatic carbocycles. The lowest BCUT2D eigenvalue weighted by molar-refractivity contribution is 0.471. The smallest absolute Gasteiger partial charge is 0.193 e. The molecule has 7 heteroatoms. The van der Waals surface area contributed by atoms with Gasteiger partial charge in [0.05, 0.1) is 17.2 Å². The van der Waals surface area contributed by atoms with Crippen LogP contribution in [0.25, 0.3) is 0 Å². The van der Waals surface area contributed by atoms with Gasteiger partial charge in [-0.3, -0.25) is 4.99 Å². The van der Waals surface area contributed by atoms with Crippen molar-refractivity contribution in [1.29, 1.82) is 0 Å². The van der Waals surface area contributed by atoms with E-state index in [-0.39, 0.29) is 24.0 Å². The van der Waals surface area contributed by atoms with Crippen molar-refractivity contribution in [2.75, 3.05) is 20.6 Å². The molecule has 126 valence electrons. The third-order valence-electron chi connectivity index (χ3n) is 3.22. The predicted molar refractivity (Wildman–Crippen MR) is 110 cm³/mol. The maximum atomic E-state index is 6.00. The van der Waals surface area contributed by atoms with Gasteiger partial charge < -0.3 is 10.2 Å². The van der Waals surface area contributed by atoms with Crippen LogP contribution in [0, 0.1) is 6.92 Å². The van der Waals surface area contributed by atoms with E-state index in [1.807, 2.05) is 32.2 Å². The van der Waals surface area contributed by atoms with Crippen molar-refractivity contribution in [3.8, 4) is 0 Å². The van der Waals surface area contributed by atoms with Crippen LogP contribution in [0.3, 0.4) is 0 Å². The van der Waals surface area contributed by atoms with Gasteiger partial charge in [-0.2, -0.15) is 0 Å². The van der Waals surface area contributed by atoms with Gasteiger partial charge in [0, 0.05) is 31.0 Å². The van der Waals surface area contributed by atoms with Crippen molar-refractivity contribution in [2.45, 2.75) is 19.9 Å². The Morgan fingerprint density at radius 1 is 1.43 bits per heavy atom. The van der Waals surface area contributed by atoms with E-state index in [4.69, 9.17) is 11.6 Å². The monoisotopic (exact) mass is 464 g/mol. The fourth-order valence-electron chi connectivity index (χ4n) is 2.19. The lowest BCUT2D eigenvalue weighted by Crippen LogP contribution is -2.39. The molecule has 2 rings (SSSR count). The second-order valence-electron chi connectivity index (χ2n) is 5.07. The Bertz CT molecular complexity index is 645. The summed E-state index contributed by atoms with van der Waals surface area (Å²) < 4.78 is 0. The highest BCUT2D eigenvalue weighted by molar-refractivity contribution is 14.0. The second-order valence-corrected chi connectivity index (χ2v) is 6.57. The molecule has 1 aromatic heterocycles. The fraction of sp³-hybridized carbons (Fsp3) is 0.375. The first-order chi connectivity index (χ1) is 10.6. The number of rotatable bonds is 5. The third kappa shape index (κ3) is 6.64. The number of aryl methyl sites for hydroxylation is 1. The number of aromatic nitrogens is 1. The maximum Gasteiger partial charge on any atom is 0.193 e. The van der Waals surface area contributed by atoms with Crippen LogP contribution >= 0.6 is 46.9 Å². The first-order valence-electron chi connectivity index (χ1n) is 7.15. The van der Waals surface area contributed by atoms with Gasteiger partial charge in [0.25, 0.3) is 0 Å². The van der Waals surface area contributed by atoms with Crippen molar-refractivity contribution in [3.63, 3.8) is 0 Å². The normalized spacial score (nSPS) is 11.0. The Morgan fingerprint density at radius 2 is 2.22 bits per heavy atom. The van der Waals surface area contributed by atoms with E-state index in [2.05, 4.69) is 31.6 Å². The number of nitrogens with one attached hydrogen (secondary N) is 1. The molecule has 1 N–H and O–H groups in total. The third-order valence-corrected chi connectivity index (χ3v) is 4.28. The molecule has 0 amide bonds. The molecule has 1 heterocycles. The van der Waals surface area contributed by atoms with E-state index in [0.717, 1.165) is 41.2 Å². The average molecular weight is 465 g/mol. The van der Waals surface area contributed by atoms with Gasteiger partial charge in [-0.05, 0) is 31.0 Å². The molecule has 4 nitrogen and oxygen atoms in total. The molecule has 0 fully saturated rings. The Morgan fingerprint density at radius 3 is 2.83 bits per heavy atom. The zero-order chi connectivity index (χ0) is 15.9. The molecule has 0 atom stereocenters. The number of benzene rings is 1. The summed E-state index contributed by atoms with van der Waals surface area (Å²) in [7, 11) is 3.81. The molecular formula is C16H22ClIN4S. The van der Waals surface area contributed by atoms with Crippen molar-refractivity contribution in [2.24, 2.45) is 4.99 Å². The quantitative estimate of drug-likeness (QED) is 0.413. The molecule has 0 aliphatic carbocycles. The molecule has 0 saturated heterocycles. The van der Waals surface area contributed by atoms with Crippen LogP contribution in [-0.2, 0) is 13.0 Å². The van der Waals surface area contributed by atoms with E-state index < -0.39 is 0 Å². The molecule has 0 aliphatic rings. The molecular weight excluding hydrogens is 443 g/mol. The first-order valence-corrected chi connectivity index (χ1v) is 8.41. The summed E-state index contributed by atoms with van der Waals surface area (Å²) in [5.74, 6) is 0.868. The van der Waals surface area contributed by atoms with E-state index in [1.165, 1.54) is 5.56 Å². The summed E-state index contributed by atoms with van der Waals surface area (Å²) in [6.45, 7) is 3.58. The minimum Gasteiger partial charge on any atom is -0.356 e. The number of hydrogen-bond donors (Lipinski definition) is 1. The number of nitrogens with zero attached hydrogens (tertiary/aromatic N) is 3. The fourth-order valence-corrected chi connectivity index (χ4v) is 3.01. The van der Waals surface area contributed by atoms with Crippen LogP contribution in [0.2, 0.25) is 5.02 Å². The molecule has 23 heavy (non-hydrogen) atoms. The largest absolute Gasteiger partial charge is 0.356 e. The van der Waals surface area contributed by atoms with Crippen LogP contribution in [-0.4, -0.2) is 36.5 Å². The average Bonchev–Trinajstić information content (AvgIpc) is 2.88. The molecule has 0 aliphatic heterocycles. The minimum absolute atomic E-state index is 0. The van der Waals surface area contributed by atoms with Gasteiger partial charge in [0.1, 0.15) is 0 Å². The van der Waals surface area contributed by atoms with Gasteiger partial charge in [-0.15, -0.1) is 35.3 Å². The van der Waals surface area contributed by atoms with E-state index in [9.17, 15) is 0 Å². The summed E-state index contributed by atoms with van der Waals surface area (Å²) in [6.07, 6.45) is 0.906. The number of aliphatic imine (C=N–C) groups is 1. The number of guanidine groups is 1. The van der Waals surface area contributed by atoms with Crippen molar-refractivity contribution in [1.82, 2.24) is 15.2 Å². The lowest BCUT2D eigenvalue weighted by atomic mass is 10.1. The summed E-state index contributed by atoms with van der Waals surface area (Å²) in [6, 6.07) is 7.94. The number of hydrogen-bond acceptors (Lipinski definition) is 3. The van der Waals surface area contributed by atoms with Gasteiger partial charge in [0.15, 0.2) is 5.96 Å². The maximum absolute atomic E-state index is 6.00. The second kappa shape index (κ2) is 10.1. The molecule has 0 unspecified atom stereocenters. The van der Waals surface area contributed by atoms with E-state index in [0.29, 0.717) is 0 Å². The molecule has 2 aromatic rings. The zero-order valence-corrected chi connectivity index (χ0v) is 17.4. The highest BCUT2D eigenvalue weighted by Gasteiger charge is 2.08. The Hall–Kier alpha value is -0.860. The Labute approximate surface area is 164 Å². The van der Waals surface area contributed by atoms with Gasteiger partial charge >= 0.3 is 0 Å². The molecule has 0 spiro atoms. The van der Waals surface area contributed by atoms with Crippen LogP contribution in [0.15, 0.2) is 34.6 Å². The van der Waals surface area contributed by atoms with Gasteiger partial charge in [0.2, 0.25) is 0 Å². The van der Waals surface area contributed by atoms with Gasteiger partial charge in [-0.25, -0.2) is 4.98 Å². The van der Waals surface area contributed by atoms with Crippen molar-refractivity contribution in [3.05, 3.63) is 50.9 Å². The molecule has 0 saturated carbocycles. The number of halogens is 2. The van der Waals surface area contributed by atoms with E-state index in [1.54, 1.807) is 18.4 Å². The van der Waals surface area contributed by atoms with Crippen molar-refractivity contribution >= 4 is 52.9 Å². The van der Waals surface area contributed by atoms with Crippen LogP contribution in [0.4, 0.5) is 0 Å². The topological polar surface area (TPSA) is 40.5 Å². The number of thiazole rings is 1. The highest BCUT2D eigenvalue weighted by Crippen LogP contribution is 2.11. The predicted octanol–water partition coefficient (Wildman–Crippen LogP) is 3.97. The zero-order valence-electron chi connectivity index (χ0n) is 13.5. The summed E-state index contributed by atoms with van der Waals surface area (Å²) in [5.41, 5.74) is 2.29. The summed E-state index contributed by atoms with van der Waals surface area (Å²) in [4.78, 5) is 10.9. The van der Waals surface area contributed by atoms with Crippen LogP contribution < -0.4 is 5.32 Å². The SMILES string of the molecule is CN=C(NCCc1cccc(Cl)c1)N(C)Cc1csc(C)n1.I.